The average molecular weight is 198 g/mol. The minimum Gasteiger partial charge on any atom is -0.347 e. The highest BCUT2D eigenvalue weighted by molar-refractivity contribution is 4.93. The quantitative estimate of drug-likeness (QED) is 0.631. The third-order valence-corrected chi connectivity index (χ3v) is 2.76. The van der Waals surface area contributed by atoms with Gasteiger partial charge >= 0.3 is 0 Å². The second-order valence-corrected chi connectivity index (χ2v) is 3.80. The van der Waals surface area contributed by atoms with Gasteiger partial charge in [-0.15, -0.1) is 0 Å². The van der Waals surface area contributed by atoms with Crippen LogP contribution >= 0.6 is 0 Å². The van der Waals surface area contributed by atoms with Gasteiger partial charge in [-0.3, -0.25) is 0 Å². The number of hydrogen-bond donors (Lipinski definition) is 0. The summed E-state index contributed by atoms with van der Waals surface area (Å²) in [7, 11) is 0. The molecule has 1 aliphatic heterocycles. The highest BCUT2D eigenvalue weighted by atomic mass is 16.7. The monoisotopic (exact) mass is 198 g/mol. The van der Waals surface area contributed by atoms with E-state index in [1.54, 1.807) is 0 Å². The van der Waals surface area contributed by atoms with Crippen LogP contribution in [0.4, 0.5) is 0 Å². The first-order valence-corrected chi connectivity index (χ1v) is 5.74. The van der Waals surface area contributed by atoms with E-state index in [9.17, 15) is 0 Å². The lowest BCUT2D eigenvalue weighted by atomic mass is 10.1. The number of hydrogen-bond acceptors (Lipinski definition) is 2. The molecule has 0 amide bonds. The molecule has 1 fully saturated rings. The van der Waals surface area contributed by atoms with E-state index in [1.807, 2.05) is 0 Å². The fourth-order valence-electron chi connectivity index (χ4n) is 1.71. The molecule has 0 bridgehead atoms. The van der Waals surface area contributed by atoms with Crippen LogP contribution in [0.15, 0.2) is 12.2 Å². The minimum atomic E-state index is -0.304. The topological polar surface area (TPSA) is 18.5 Å². The molecule has 0 saturated carbocycles. The fraction of sp³-hybridized carbons (Fsp3) is 0.833. The smallest absolute Gasteiger partial charge is 0.168 e. The Kier molecular flexibility index (Phi) is 4.63. The normalized spacial score (nSPS) is 26.1. The maximum Gasteiger partial charge on any atom is 0.168 e. The summed E-state index contributed by atoms with van der Waals surface area (Å²) < 4.78 is 11.6. The summed E-state index contributed by atoms with van der Waals surface area (Å²) in [4.78, 5) is 0. The summed E-state index contributed by atoms with van der Waals surface area (Å²) in [6.07, 6.45) is 8.68. The van der Waals surface area contributed by atoms with Gasteiger partial charge in [0.05, 0.1) is 6.61 Å². The van der Waals surface area contributed by atoms with Crippen molar-refractivity contribution in [2.24, 2.45) is 0 Å². The van der Waals surface area contributed by atoms with Gasteiger partial charge in [0.25, 0.3) is 0 Å². The molecular formula is C12H22O2. The maximum atomic E-state index is 5.88. The number of rotatable bonds is 5. The van der Waals surface area contributed by atoms with Crippen LogP contribution in [0.25, 0.3) is 0 Å². The number of ether oxygens (including phenoxy) is 2. The molecule has 0 aromatic rings. The highest BCUT2D eigenvalue weighted by Crippen LogP contribution is 2.30. The second-order valence-electron chi connectivity index (χ2n) is 3.80. The number of allylic oxidation sites excluding steroid dienone is 1. The second kappa shape index (κ2) is 5.52. The Morgan fingerprint density at radius 2 is 2.00 bits per heavy atom. The Labute approximate surface area is 87.3 Å². The summed E-state index contributed by atoms with van der Waals surface area (Å²) in [5.74, 6) is -0.304. The molecule has 82 valence electrons. The molecule has 0 aromatic heterocycles. The molecular weight excluding hydrogens is 176 g/mol. The van der Waals surface area contributed by atoms with Crippen LogP contribution in [0.2, 0.25) is 0 Å². The third kappa shape index (κ3) is 2.82. The SMILES string of the molecule is CCC/C=C\[C@H]1COC(CC)(CC)O1. The number of unbranched alkanes of at least 4 members (excludes halogenated alkanes) is 1. The molecule has 1 saturated heterocycles. The molecule has 2 heteroatoms. The molecule has 1 rings (SSSR count). The minimum absolute atomic E-state index is 0.168. The zero-order chi connectivity index (χ0) is 10.4. The summed E-state index contributed by atoms with van der Waals surface area (Å²) in [5.41, 5.74) is 0. The molecule has 1 atom stereocenters. The van der Waals surface area contributed by atoms with Crippen molar-refractivity contribution in [1.82, 2.24) is 0 Å². The van der Waals surface area contributed by atoms with Crippen molar-refractivity contribution in [1.29, 1.82) is 0 Å². The predicted octanol–water partition coefficient (Wildman–Crippen LogP) is 3.27. The van der Waals surface area contributed by atoms with E-state index >= 15 is 0 Å². The molecule has 14 heavy (non-hydrogen) atoms. The van der Waals surface area contributed by atoms with Crippen LogP contribution in [0.5, 0.6) is 0 Å². The third-order valence-electron chi connectivity index (χ3n) is 2.76. The summed E-state index contributed by atoms with van der Waals surface area (Å²) in [5, 5.41) is 0. The van der Waals surface area contributed by atoms with Crippen molar-refractivity contribution in [3.63, 3.8) is 0 Å². The van der Waals surface area contributed by atoms with E-state index in [4.69, 9.17) is 9.47 Å². The first kappa shape index (κ1) is 11.7. The van der Waals surface area contributed by atoms with E-state index in [0.717, 1.165) is 19.3 Å². The molecule has 1 heterocycles. The van der Waals surface area contributed by atoms with Gasteiger partial charge in [-0.2, -0.15) is 0 Å². The fourth-order valence-corrected chi connectivity index (χ4v) is 1.71. The van der Waals surface area contributed by atoms with Gasteiger partial charge in [0.15, 0.2) is 5.79 Å². The Balaban J connectivity index is 2.39. The van der Waals surface area contributed by atoms with E-state index in [1.165, 1.54) is 6.42 Å². The van der Waals surface area contributed by atoms with Crippen molar-refractivity contribution >= 4 is 0 Å². The zero-order valence-electron chi connectivity index (χ0n) is 9.58. The average Bonchev–Trinajstić information content (AvgIpc) is 2.63. The van der Waals surface area contributed by atoms with Crippen LogP contribution in [0.3, 0.4) is 0 Å². The van der Waals surface area contributed by atoms with Crippen molar-refractivity contribution in [3.8, 4) is 0 Å². The van der Waals surface area contributed by atoms with Crippen molar-refractivity contribution in [3.05, 3.63) is 12.2 Å². The van der Waals surface area contributed by atoms with Crippen LogP contribution in [0.1, 0.15) is 46.5 Å². The summed E-state index contributed by atoms with van der Waals surface area (Å²) in [6.45, 7) is 7.11. The van der Waals surface area contributed by atoms with Gasteiger partial charge in [-0.05, 0) is 19.3 Å². The molecule has 1 aliphatic rings. The highest BCUT2D eigenvalue weighted by Gasteiger charge is 2.37. The van der Waals surface area contributed by atoms with E-state index < -0.39 is 0 Å². The van der Waals surface area contributed by atoms with Gasteiger partial charge in [0.2, 0.25) is 0 Å². The summed E-state index contributed by atoms with van der Waals surface area (Å²) in [6, 6.07) is 0. The lowest BCUT2D eigenvalue weighted by molar-refractivity contribution is -0.167. The van der Waals surface area contributed by atoms with Crippen LogP contribution < -0.4 is 0 Å². The van der Waals surface area contributed by atoms with Gasteiger partial charge < -0.3 is 9.47 Å². The first-order valence-electron chi connectivity index (χ1n) is 5.74. The van der Waals surface area contributed by atoms with Crippen LogP contribution in [0, 0.1) is 0 Å². The van der Waals surface area contributed by atoms with Gasteiger partial charge in [-0.1, -0.05) is 39.3 Å². The Morgan fingerprint density at radius 3 is 2.50 bits per heavy atom. The molecule has 0 aromatic carbocycles. The Bertz CT molecular complexity index is 183. The first-order chi connectivity index (χ1) is 6.76. The van der Waals surface area contributed by atoms with Crippen LogP contribution in [-0.4, -0.2) is 18.5 Å². The summed E-state index contributed by atoms with van der Waals surface area (Å²) >= 11 is 0. The Morgan fingerprint density at radius 1 is 1.29 bits per heavy atom. The largest absolute Gasteiger partial charge is 0.347 e. The molecule has 0 unspecified atom stereocenters. The Hall–Kier alpha value is -0.340. The molecule has 0 N–H and O–H groups in total. The van der Waals surface area contributed by atoms with Gasteiger partial charge in [0, 0.05) is 0 Å². The van der Waals surface area contributed by atoms with E-state index in [-0.39, 0.29) is 11.9 Å². The standard InChI is InChI=1S/C12H22O2/c1-4-7-8-9-11-10-13-12(5-2,6-3)14-11/h8-9,11H,4-7,10H2,1-3H3/b9-8-/t11-/m0/s1. The zero-order valence-corrected chi connectivity index (χ0v) is 9.58. The van der Waals surface area contributed by atoms with Crippen LogP contribution in [-0.2, 0) is 9.47 Å². The lowest BCUT2D eigenvalue weighted by Gasteiger charge is -2.24. The van der Waals surface area contributed by atoms with Crippen molar-refractivity contribution < 1.29 is 9.47 Å². The van der Waals surface area contributed by atoms with Crippen molar-refractivity contribution in [2.45, 2.75) is 58.3 Å². The van der Waals surface area contributed by atoms with Crippen molar-refractivity contribution in [2.75, 3.05) is 6.61 Å². The maximum absolute atomic E-state index is 5.88. The molecule has 0 aliphatic carbocycles. The predicted molar refractivity (Wildman–Crippen MR) is 58.2 cm³/mol. The molecule has 0 radical (unpaired) electrons. The van der Waals surface area contributed by atoms with E-state index in [2.05, 4.69) is 32.9 Å². The molecule has 2 nitrogen and oxygen atoms in total. The van der Waals surface area contributed by atoms with E-state index in [0.29, 0.717) is 6.61 Å². The lowest BCUT2D eigenvalue weighted by Crippen LogP contribution is -2.28. The van der Waals surface area contributed by atoms with Gasteiger partial charge in [-0.25, -0.2) is 0 Å². The van der Waals surface area contributed by atoms with Gasteiger partial charge in [0.1, 0.15) is 6.10 Å². The molecule has 0 spiro atoms.